The molecule has 0 aromatic carbocycles. The fourth-order valence-corrected chi connectivity index (χ4v) is 2.04. The van der Waals surface area contributed by atoms with Crippen molar-refractivity contribution in [2.24, 2.45) is 0 Å². The van der Waals surface area contributed by atoms with E-state index in [9.17, 15) is 4.79 Å². The minimum absolute atomic E-state index is 0.531. The molecule has 0 aliphatic rings. The Balaban J connectivity index is 3.13. The molecule has 2 heteroatoms. The fourth-order valence-electron chi connectivity index (χ4n) is 2.04. The van der Waals surface area contributed by atoms with E-state index < -0.39 is 0 Å². The fraction of sp³-hybridized carbons (Fsp3) is 0.722. The molecule has 0 aromatic heterocycles. The lowest BCUT2D eigenvalue weighted by atomic mass is 10.1. The van der Waals surface area contributed by atoms with E-state index in [1.54, 1.807) is 0 Å². The quantitative estimate of drug-likeness (QED) is 0.222. The second kappa shape index (κ2) is 17.9. The van der Waals surface area contributed by atoms with Crippen LogP contribution in [-0.4, -0.2) is 13.1 Å². The number of carbonyl (C=O) groups is 1. The number of hydrogen-bond acceptors (Lipinski definition) is 2. The standard InChI is InChI=1S/C18H32O2/c1-2-3-4-5-6-7-8-9-10-11-12-13-14-15-16-17-20-18-19/h6-7,9-10,18H,2-5,8,11-17H2,1H3. The van der Waals surface area contributed by atoms with E-state index in [1.165, 1.54) is 51.4 Å². The van der Waals surface area contributed by atoms with Gasteiger partial charge in [-0.2, -0.15) is 0 Å². The van der Waals surface area contributed by atoms with E-state index >= 15 is 0 Å². The zero-order valence-electron chi connectivity index (χ0n) is 13.2. The van der Waals surface area contributed by atoms with Crippen LogP contribution >= 0.6 is 0 Å². The number of carbonyl (C=O) groups excluding carboxylic acids is 1. The van der Waals surface area contributed by atoms with Crippen molar-refractivity contribution in [1.29, 1.82) is 0 Å². The van der Waals surface area contributed by atoms with Gasteiger partial charge in [-0.05, 0) is 38.5 Å². The van der Waals surface area contributed by atoms with Crippen LogP contribution in [0.15, 0.2) is 24.3 Å². The Bertz CT molecular complexity index is 244. The van der Waals surface area contributed by atoms with Crippen LogP contribution < -0.4 is 0 Å². The maximum Gasteiger partial charge on any atom is 0.293 e. The molecular formula is C18H32O2. The van der Waals surface area contributed by atoms with Crippen molar-refractivity contribution in [3.8, 4) is 0 Å². The van der Waals surface area contributed by atoms with Crippen LogP contribution in [0.25, 0.3) is 0 Å². The van der Waals surface area contributed by atoms with Gasteiger partial charge in [-0.1, -0.05) is 63.3 Å². The number of rotatable bonds is 15. The molecule has 0 rings (SSSR count). The molecule has 0 aromatic rings. The summed E-state index contributed by atoms with van der Waals surface area (Å²) in [4.78, 5) is 9.92. The van der Waals surface area contributed by atoms with Crippen molar-refractivity contribution in [3.63, 3.8) is 0 Å². The molecule has 0 aliphatic heterocycles. The molecule has 116 valence electrons. The Morgan fingerprint density at radius 3 is 2.00 bits per heavy atom. The number of unbranched alkanes of at least 4 members (excludes halogenated alkanes) is 8. The van der Waals surface area contributed by atoms with E-state index in [2.05, 4.69) is 36.0 Å². The SMILES string of the molecule is CCCCCC=CCC=CCCCCCCCOC=O. The predicted octanol–water partition coefficient (Wildman–Crippen LogP) is 5.58. The summed E-state index contributed by atoms with van der Waals surface area (Å²) in [5, 5.41) is 0. The van der Waals surface area contributed by atoms with Crippen LogP contribution in [0.4, 0.5) is 0 Å². The molecule has 0 heterocycles. The maximum absolute atomic E-state index is 9.92. The summed E-state index contributed by atoms with van der Waals surface area (Å²) in [5.41, 5.74) is 0. The summed E-state index contributed by atoms with van der Waals surface area (Å²) in [6.07, 6.45) is 22.6. The van der Waals surface area contributed by atoms with Crippen LogP contribution in [0.5, 0.6) is 0 Å². The van der Waals surface area contributed by atoms with Gasteiger partial charge < -0.3 is 4.74 Å². The molecule has 0 aliphatic carbocycles. The third-order valence-corrected chi connectivity index (χ3v) is 3.28. The van der Waals surface area contributed by atoms with Crippen LogP contribution in [-0.2, 0) is 9.53 Å². The molecule has 0 saturated heterocycles. The first-order valence-electron chi connectivity index (χ1n) is 8.27. The van der Waals surface area contributed by atoms with Gasteiger partial charge in [-0.25, -0.2) is 0 Å². The highest BCUT2D eigenvalue weighted by Gasteiger charge is 1.90. The molecule has 2 nitrogen and oxygen atoms in total. The van der Waals surface area contributed by atoms with Crippen LogP contribution in [0.2, 0.25) is 0 Å². The van der Waals surface area contributed by atoms with Crippen molar-refractivity contribution in [2.75, 3.05) is 6.61 Å². The molecule has 0 N–H and O–H groups in total. The monoisotopic (exact) mass is 280 g/mol. The second-order valence-corrected chi connectivity index (χ2v) is 5.20. The lowest BCUT2D eigenvalue weighted by Gasteiger charge is -1.99. The average Bonchev–Trinajstić information content (AvgIpc) is 2.47. The van der Waals surface area contributed by atoms with E-state index in [1.807, 2.05) is 0 Å². The molecule has 0 unspecified atom stereocenters. The summed E-state index contributed by atoms with van der Waals surface area (Å²) in [5.74, 6) is 0. The van der Waals surface area contributed by atoms with Gasteiger partial charge >= 0.3 is 0 Å². The number of ether oxygens (including phenoxy) is 1. The van der Waals surface area contributed by atoms with Gasteiger partial charge in [0.15, 0.2) is 0 Å². The highest BCUT2D eigenvalue weighted by atomic mass is 16.5. The van der Waals surface area contributed by atoms with Gasteiger partial charge in [0.25, 0.3) is 6.47 Å². The van der Waals surface area contributed by atoms with Crippen LogP contribution in [0.3, 0.4) is 0 Å². The van der Waals surface area contributed by atoms with Crippen molar-refractivity contribution in [2.45, 2.75) is 77.6 Å². The van der Waals surface area contributed by atoms with Gasteiger partial charge in [0.1, 0.15) is 0 Å². The van der Waals surface area contributed by atoms with Gasteiger partial charge in [-0.3, -0.25) is 4.79 Å². The van der Waals surface area contributed by atoms with E-state index in [-0.39, 0.29) is 0 Å². The second-order valence-electron chi connectivity index (χ2n) is 5.20. The number of hydrogen-bond donors (Lipinski definition) is 0. The zero-order chi connectivity index (χ0) is 14.7. The van der Waals surface area contributed by atoms with Crippen molar-refractivity contribution < 1.29 is 9.53 Å². The lowest BCUT2D eigenvalue weighted by Crippen LogP contribution is -1.91. The Morgan fingerprint density at radius 1 is 0.750 bits per heavy atom. The molecule has 0 fully saturated rings. The Morgan fingerprint density at radius 2 is 1.35 bits per heavy atom. The zero-order valence-corrected chi connectivity index (χ0v) is 13.2. The van der Waals surface area contributed by atoms with E-state index in [0.29, 0.717) is 13.1 Å². The van der Waals surface area contributed by atoms with E-state index in [0.717, 1.165) is 19.3 Å². The minimum Gasteiger partial charge on any atom is -0.468 e. The smallest absolute Gasteiger partial charge is 0.293 e. The van der Waals surface area contributed by atoms with Crippen LogP contribution in [0, 0.1) is 0 Å². The number of allylic oxidation sites excluding steroid dienone is 4. The Kier molecular flexibility index (Phi) is 17.0. The Labute approximate surface area is 125 Å². The van der Waals surface area contributed by atoms with Gasteiger partial charge in [0.05, 0.1) is 6.61 Å². The van der Waals surface area contributed by atoms with Crippen molar-refractivity contribution in [1.82, 2.24) is 0 Å². The minimum atomic E-state index is 0.531. The summed E-state index contributed by atoms with van der Waals surface area (Å²) < 4.78 is 4.65. The highest BCUT2D eigenvalue weighted by Crippen LogP contribution is 2.06. The molecule has 0 atom stereocenters. The molecular weight excluding hydrogens is 248 g/mol. The van der Waals surface area contributed by atoms with Gasteiger partial charge in [0.2, 0.25) is 0 Å². The largest absolute Gasteiger partial charge is 0.468 e. The first kappa shape index (κ1) is 18.9. The topological polar surface area (TPSA) is 26.3 Å². The third kappa shape index (κ3) is 16.9. The molecule has 0 saturated carbocycles. The first-order valence-corrected chi connectivity index (χ1v) is 8.27. The summed E-state index contributed by atoms with van der Waals surface area (Å²) in [6.45, 7) is 3.35. The molecule has 0 spiro atoms. The molecule has 20 heavy (non-hydrogen) atoms. The maximum atomic E-state index is 9.92. The first-order chi connectivity index (χ1) is 9.91. The van der Waals surface area contributed by atoms with Gasteiger partial charge in [-0.15, -0.1) is 0 Å². The third-order valence-electron chi connectivity index (χ3n) is 3.28. The average molecular weight is 280 g/mol. The lowest BCUT2D eigenvalue weighted by molar-refractivity contribution is -0.128. The predicted molar refractivity (Wildman–Crippen MR) is 86.8 cm³/mol. The summed E-state index contributed by atoms with van der Waals surface area (Å²) in [6, 6.07) is 0. The highest BCUT2D eigenvalue weighted by molar-refractivity contribution is 5.36. The van der Waals surface area contributed by atoms with E-state index in [4.69, 9.17) is 0 Å². The summed E-state index contributed by atoms with van der Waals surface area (Å²) >= 11 is 0. The summed E-state index contributed by atoms with van der Waals surface area (Å²) in [7, 11) is 0. The van der Waals surface area contributed by atoms with Crippen molar-refractivity contribution in [3.05, 3.63) is 24.3 Å². The van der Waals surface area contributed by atoms with Crippen LogP contribution in [0.1, 0.15) is 77.6 Å². The normalized spacial score (nSPS) is 11.4. The molecule has 0 amide bonds. The molecule has 0 radical (unpaired) electrons. The van der Waals surface area contributed by atoms with Gasteiger partial charge in [0, 0.05) is 0 Å². The molecule has 0 bridgehead atoms. The van der Waals surface area contributed by atoms with Crippen molar-refractivity contribution >= 4 is 6.47 Å². The Hall–Kier alpha value is -1.05.